The van der Waals surface area contributed by atoms with E-state index in [0.29, 0.717) is 5.92 Å². The van der Waals surface area contributed by atoms with Crippen LogP contribution in [-0.4, -0.2) is 24.1 Å². The highest BCUT2D eigenvalue weighted by Gasteiger charge is 2.25. The van der Waals surface area contributed by atoms with Gasteiger partial charge in [-0.3, -0.25) is 10.1 Å². The van der Waals surface area contributed by atoms with E-state index in [1.807, 2.05) is 12.1 Å². The monoisotopic (exact) mass is 249 g/mol. The number of nitrogens with two attached hydrogens (primary N) is 1. The highest BCUT2D eigenvalue weighted by molar-refractivity contribution is 5.51. The molecule has 0 saturated carbocycles. The molecule has 5 heteroatoms. The summed E-state index contributed by atoms with van der Waals surface area (Å²) >= 11 is 0. The number of benzene rings is 1. The fraction of sp³-hybridized carbons (Fsp3) is 0.538. The van der Waals surface area contributed by atoms with Crippen LogP contribution in [0.4, 0.5) is 11.4 Å². The summed E-state index contributed by atoms with van der Waals surface area (Å²) < 4.78 is 0. The van der Waals surface area contributed by atoms with Crippen molar-refractivity contribution in [2.75, 3.05) is 18.0 Å². The lowest BCUT2D eigenvalue weighted by Gasteiger charge is -2.37. The maximum Gasteiger partial charge on any atom is 0.269 e. The average molecular weight is 249 g/mol. The van der Waals surface area contributed by atoms with Crippen LogP contribution in [0.3, 0.4) is 0 Å². The number of nitro benzene ring substituents is 1. The van der Waals surface area contributed by atoms with Crippen LogP contribution in [0, 0.1) is 16.0 Å². The summed E-state index contributed by atoms with van der Waals surface area (Å²) in [5.41, 5.74) is 7.26. The first-order valence-corrected chi connectivity index (χ1v) is 6.36. The van der Waals surface area contributed by atoms with E-state index < -0.39 is 0 Å². The molecule has 0 aromatic heterocycles. The topological polar surface area (TPSA) is 72.4 Å². The Bertz CT molecular complexity index is 419. The van der Waals surface area contributed by atoms with E-state index in [1.54, 1.807) is 12.1 Å². The summed E-state index contributed by atoms with van der Waals surface area (Å²) in [5, 5.41) is 10.6. The van der Waals surface area contributed by atoms with Crippen molar-refractivity contribution in [2.24, 2.45) is 11.7 Å². The van der Waals surface area contributed by atoms with Gasteiger partial charge in [0.2, 0.25) is 0 Å². The average Bonchev–Trinajstić information content (AvgIpc) is 2.39. The Balaban J connectivity index is 2.09. The number of piperidine rings is 1. The second-order valence-corrected chi connectivity index (χ2v) is 4.84. The molecule has 1 fully saturated rings. The molecule has 2 atom stereocenters. The normalized spacial score (nSPS) is 24.0. The minimum atomic E-state index is -0.370. The minimum Gasteiger partial charge on any atom is -0.371 e. The Morgan fingerprint density at radius 3 is 2.67 bits per heavy atom. The number of hydrogen-bond acceptors (Lipinski definition) is 4. The van der Waals surface area contributed by atoms with Crippen LogP contribution in [-0.2, 0) is 0 Å². The first-order valence-electron chi connectivity index (χ1n) is 6.36. The van der Waals surface area contributed by atoms with Crippen molar-refractivity contribution >= 4 is 11.4 Å². The summed E-state index contributed by atoms with van der Waals surface area (Å²) in [5.74, 6) is 0.508. The number of anilines is 1. The van der Waals surface area contributed by atoms with Crippen LogP contribution in [0.15, 0.2) is 24.3 Å². The van der Waals surface area contributed by atoms with E-state index in [1.165, 1.54) is 0 Å². The van der Waals surface area contributed by atoms with Crippen molar-refractivity contribution in [1.82, 2.24) is 0 Å². The van der Waals surface area contributed by atoms with Crippen LogP contribution in [0.25, 0.3) is 0 Å². The standard InChI is InChI=1S/C13H19N3O2/c1-2-10-9-15(8-7-13(10)14)11-3-5-12(6-4-11)16(17)18/h3-6,10,13H,2,7-9,14H2,1H3. The van der Waals surface area contributed by atoms with Gasteiger partial charge in [0.15, 0.2) is 0 Å². The Hall–Kier alpha value is -1.62. The van der Waals surface area contributed by atoms with Crippen molar-refractivity contribution < 1.29 is 4.92 Å². The molecule has 1 aliphatic rings. The zero-order valence-electron chi connectivity index (χ0n) is 10.6. The first-order chi connectivity index (χ1) is 8.61. The van der Waals surface area contributed by atoms with Gasteiger partial charge in [-0.1, -0.05) is 13.3 Å². The number of rotatable bonds is 3. The second kappa shape index (κ2) is 5.35. The van der Waals surface area contributed by atoms with Gasteiger partial charge in [0.1, 0.15) is 0 Å². The third-order valence-corrected chi connectivity index (χ3v) is 3.74. The van der Waals surface area contributed by atoms with E-state index in [9.17, 15) is 10.1 Å². The fourth-order valence-corrected chi connectivity index (χ4v) is 2.50. The predicted molar refractivity (Wildman–Crippen MR) is 71.7 cm³/mol. The predicted octanol–water partition coefficient (Wildman–Crippen LogP) is 2.16. The number of non-ortho nitro benzene ring substituents is 1. The van der Waals surface area contributed by atoms with E-state index in [4.69, 9.17) is 5.73 Å². The van der Waals surface area contributed by atoms with Gasteiger partial charge < -0.3 is 10.6 Å². The van der Waals surface area contributed by atoms with Gasteiger partial charge in [0, 0.05) is 37.0 Å². The third kappa shape index (κ3) is 2.61. The van der Waals surface area contributed by atoms with Gasteiger partial charge in [-0.2, -0.15) is 0 Å². The molecule has 0 aliphatic carbocycles. The maximum atomic E-state index is 10.6. The number of nitrogens with zero attached hydrogens (tertiary/aromatic N) is 2. The van der Waals surface area contributed by atoms with Crippen LogP contribution < -0.4 is 10.6 Å². The van der Waals surface area contributed by atoms with Gasteiger partial charge in [-0.25, -0.2) is 0 Å². The molecule has 0 radical (unpaired) electrons. The van der Waals surface area contributed by atoms with Crippen LogP contribution in [0.5, 0.6) is 0 Å². The van der Waals surface area contributed by atoms with Crippen molar-refractivity contribution in [1.29, 1.82) is 0 Å². The summed E-state index contributed by atoms with van der Waals surface area (Å²) in [6.45, 7) is 4.02. The first kappa shape index (κ1) is 12.8. The van der Waals surface area contributed by atoms with E-state index in [2.05, 4.69) is 11.8 Å². The fourth-order valence-electron chi connectivity index (χ4n) is 2.50. The molecule has 1 saturated heterocycles. The summed E-state index contributed by atoms with van der Waals surface area (Å²) in [7, 11) is 0. The lowest BCUT2D eigenvalue weighted by molar-refractivity contribution is -0.384. The molecular formula is C13H19N3O2. The van der Waals surface area contributed by atoms with E-state index >= 15 is 0 Å². The molecule has 1 aromatic carbocycles. The van der Waals surface area contributed by atoms with Gasteiger partial charge in [0.25, 0.3) is 5.69 Å². The molecule has 0 bridgehead atoms. The molecule has 18 heavy (non-hydrogen) atoms. The second-order valence-electron chi connectivity index (χ2n) is 4.84. The maximum absolute atomic E-state index is 10.6. The zero-order chi connectivity index (χ0) is 13.1. The molecule has 5 nitrogen and oxygen atoms in total. The molecular weight excluding hydrogens is 230 g/mol. The highest BCUT2D eigenvalue weighted by Crippen LogP contribution is 2.25. The Kier molecular flexibility index (Phi) is 3.81. The van der Waals surface area contributed by atoms with Crippen molar-refractivity contribution in [3.63, 3.8) is 0 Å². The summed E-state index contributed by atoms with van der Waals surface area (Å²) in [4.78, 5) is 12.5. The van der Waals surface area contributed by atoms with Gasteiger partial charge >= 0.3 is 0 Å². The SMILES string of the molecule is CCC1CN(c2ccc([N+](=O)[O-])cc2)CCC1N. The molecule has 1 aliphatic heterocycles. The number of hydrogen-bond donors (Lipinski definition) is 1. The quantitative estimate of drug-likeness (QED) is 0.658. The minimum absolute atomic E-state index is 0.138. The van der Waals surface area contributed by atoms with Crippen LogP contribution >= 0.6 is 0 Å². The van der Waals surface area contributed by atoms with Crippen molar-refractivity contribution in [2.45, 2.75) is 25.8 Å². The lowest BCUT2D eigenvalue weighted by atomic mass is 9.90. The molecule has 0 amide bonds. The Labute approximate surface area is 107 Å². The highest BCUT2D eigenvalue weighted by atomic mass is 16.6. The lowest BCUT2D eigenvalue weighted by Crippen LogP contribution is -2.46. The van der Waals surface area contributed by atoms with E-state index in [-0.39, 0.29) is 16.7 Å². The van der Waals surface area contributed by atoms with Crippen LogP contribution in [0.1, 0.15) is 19.8 Å². The summed E-state index contributed by atoms with van der Waals surface area (Å²) in [6.07, 6.45) is 2.06. The largest absolute Gasteiger partial charge is 0.371 e. The zero-order valence-corrected chi connectivity index (χ0v) is 10.6. The van der Waals surface area contributed by atoms with E-state index in [0.717, 1.165) is 31.6 Å². The Morgan fingerprint density at radius 2 is 2.11 bits per heavy atom. The molecule has 98 valence electrons. The molecule has 2 N–H and O–H groups in total. The summed E-state index contributed by atoms with van der Waals surface area (Å²) in [6, 6.07) is 7.04. The van der Waals surface area contributed by atoms with Crippen molar-refractivity contribution in [3.05, 3.63) is 34.4 Å². The Morgan fingerprint density at radius 1 is 1.44 bits per heavy atom. The molecule has 2 rings (SSSR count). The third-order valence-electron chi connectivity index (χ3n) is 3.74. The molecule has 2 unspecified atom stereocenters. The molecule has 1 aromatic rings. The van der Waals surface area contributed by atoms with Crippen LogP contribution in [0.2, 0.25) is 0 Å². The van der Waals surface area contributed by atoms with Gasteiger partial charge in [-0.05, 0) is 24.5 Å². The van der Waals surface area contributed by atoms with Gasteiger partial charge in [-0.15, -0.1) is 0 Å². The molecule has 1 heterocycles. The smallest absolute Gasteiger partial charge is 0.269 e. The van der Waals surface area contributed by atoms with Gasteiger partial charge in [0.05, 0.1) is 4.92 Å². The van der Waals surface area contributed by atoms with Crippen molar-refractivity contribution in [3.8, 4) is 0 Å². The molecule has 0 spiro atoms. The number of nitro groups is 1.